The molecule has 5 nitrogen and oxygen atoms in total. The van der Waals surface area contributed by atoms with Gasteiger partial charge in [-0.05, 0) is 37.3 Å². The standard InChI is InChI=1S/C16H21N3O2/c1-2-13(17)9-12-5-3-4-6-14(12)20-10-15-18-16(21-19-15)11-7-8-11/h3-6,11,13H,2,7-10,17H2,1H3. The van der Waals surface area contributed by atoms with Crippen molar-refractivity contribution in [1.29, 1.82) is 0 Å². The molecule has 0 saturated heterocycles. The summed E-state index contributed by atoms with van der Waals surface area (Å²) in [4.78, 5) is 4.37. The fourth-order valence-electron chi connectivity index (χ4n) is 2.20. The average molecular weight is 287 g/mol. The molecule has 1 atom stereocenters. The van der Waals surface area contributed by atoms with Crippen LogP contribution in [-0.4, -0.2) is 16.2 Å². The van der Waals surface area contributed by atoms with E-state index in [2.05, 4.69) is 23.1 Å². The number of ether oxygens (including phenoxy) is 1. The topological polar surface area (TPSA) is 74.2 Å². The van der Waals surface area contributed by atoms with Crippen molar-refractivity contribution in [2.24, 2.45) is 5.73 Å². The Hall–Kier alpha value is -1.88. The second-order valence-electron chi connectivity index (χ2n) is 5.59. The van der Waals surface area contributed by atoms with Gasteiger partial charge in [0, 0.05) is 12.0 Å². The zero-order valence-electron chi connectivity index (χ0n) is 12.3. The lowest BCUT2D eigenvalue weighted by molar-refractivity contribution is 0.282. The molecule has 2 N–H and O–H groups in total. The quantitative estimate of drug-likeness (QED) is 0.847. The van der Waals surface area contributed by atoms with E-state index in [4.69, 9.17) is 15.0 Å². The van der Waals surface area contributed by atoms with Crippen molar-refractivity contribution in [3.8, 4) is 5.75 Å². The summed E-state index contributed by atoms with van der Waals surface area (Å²) in [5.41, 5.74) is 7.15. The Kier molecular flexibility index (Phi) is 4.20. The summed E-state index contributed by atoms with van der Waals surface area (Å²) in [6, 6.07) is 8.13. The van der Waals surface area contributed by atoms with Crippen LogP contribution in [0.5, 0.6) is 5.75 Å². The second kappa shape index (κ2) is 6.26. The molecule has 0 spiro atoms. The number of hydrogen-bond donors (Lipinski definition) is 1. The lowest BCUT2D eigenvalue weighted by Crippen LogP contribution is -2.21. The Labute approximate surface area is 124 Å². The number of nitrogens with zero attached hydrogens (tertiary/aromatic N) is 2. The van der Waals surface area contributed by atoms with E-state index in [0.29, 0.717) is 18.3 Å². The predicted molar refractivity (Wildman–Crippen MR) is 79.0 cm³/mol. The van der Waals surface area contributed by atoms with Gasteiger partial charge in [0.25, 0.3) is 0 Å². The summed E-state index contributed by atoms with van der Waals surface area (Å²) < 4.78 is 11.1. The number of nitrogens with two attached hydrogens (primary N) is 1. The highest BCUT2D eigenvalue weighted by molar-refractivity contribution is 5.34. The molecule has 0 bridgehead atoms. The third kappa shape index (κ3) is 3.61. The van der Waals surface area contributed by atoms with Gasteiger partial charge in [-0.2, -0.15) is 4.98 Å². The summed E-state index contributed by atoms with van der Waals surface area (Å²) in [7, 11) is 0. The maximum Gasteiger partial charge on any atom is 0.229 e. The van der Waals surface area contributed by atoms with Crippen molar-refractivity contribution < 1.29 is 9.26 Å². The van der Waals surface area contributed by atoms with Gasteiger partial charge >= 0.3 is 0 Å². The number of benzene rings is 1. The van der Waals surface area contributed by atoms with Crippen LogP contribution in [0, 0.1) is 0 Å². The molecule has 1 aromatic heterocycles. The van der Waals surface area contributed by atoms with Crippen LogP contribution in [0.2, 0.25) is 0 Å². The Morgan fingerprint density at radius 3 is 2.95 bits per heavy atom. The minimum absolute atomic E-state index is 0.154. The van der Waals surface area contributed by atoms with E-state index in [-0.39, 0.29) is 6.04 Å². The largest absolute Gasteiger partial charge is 0.485 e. The molecule has 1 aliphatic rings. The molecule has 1 saturated carbocycles. The van der Waals surface area contributed by atoms with Crippen molar-refractivity contribution in [1.82, 2.24) is 10.1 Å². The van der Waals surface area contributed by atoms with E-state index in [0.717, 1.165) is 42.9 Å². The Morgan fingerprint density at radius 2 is 2.19 bits per heavy atom. The highest BCUT2D eigenvalue weighted by Gasteiger charge is 2.29. The van der Waals surface area contributed by atoms with Crippen molar-refractivity contribution in [2.45, 2.75) is 51.2 Å². The first-order chi connectivity index (χ1) is 10.3. The van der Waals surface area contributed by atoms with Gasteiger partial charge in [0.1, 0.15) is 5.75 Å². The van der Waals surface area contributed by atoms with Crippen molar-refractivity contribution in [3.05, 3.63) is 41.5 Å². The normalized spacial score (nSPS) is 15.9. The first kappa shape index (κ1) is 14.1. The molecule has 1 aliphatic carbocycles. The maximum atomic E-state index is 6.03. The molecule has 3 rings (SSSR count). The van der Waals surface area contributed by atoms with E-state index in [9.17, 15) is 0 Å². The fourth-order valence-corrected chi connectivity index (χ4v) is 2.20. The summed E-state index contributed by atoms with van der Waals surface area (Å²) in [6.45, 7) is 2.42. The van der Waals surface area contributed by atoms with Gasteiger partial charge in [-0.1, -0.05) is 30.3 Å². The second-order valence-corrected chi connectivity index (χ2v) is 5.59. The third-order valence-electron chi connectivity index (χ3n) is 3.75. The third-order valence-corrected chi connectivity index (χ3v) is 3.75. The van der Waals surface area contributed by atoms with E-state index >= 15 is 0 Å². The van der Waals surface area contributed by atoms with Crippen LogP contribution >= 0.6 is 0 Å². The highest BCUT2D eigenvalue weighted by atomic mass is 16.5. The zero-order valence-corrected chi connectivity index (χ0v) is 12.3. The van der Waals surface area contributed by atoms with Crippen LogP contribution in [0.1, 0.15) is 49.4 Å². The first-order valence-electron chi connectivity index (χ1n) is 7.55. The Balaban J connectivity index is 1.63. The molecule has 112 valence electrons. The van der Waals surface area contributed by atoms with Crippen LogP contribution in [0.4, 0.5) is 0 Å². The van der Waals surface area contributed by atoms with Crippen molar-refractivity contribution in [2.75, 3.05) is 0 Å². The Morgan fingerprint density at radius 1 is 1.38 bits per heavy atom. The SMILES string of the molecule is CCC(N)Cc1ccccc1OCc1noc(C2CC2)n1. The average Bonchev–Trinajstić information content (AvgIpc) is 3.25. The van der Waals surface area contributed by atoms with Gasteiger partial charge in [-0.15, -0.1) is 0 Å². The van der Waals surface area contributed by atoms with Crippen molar-refractivity contribution >= 4 is 0 Å². The van der Waals surface area contributed by atoms with Gasteiger partial charge in [-0.3, -0.25) is 0 Å². The smallest absolute Gasteiger partial charge is 0.229 e. The molecule has 1 aromatic carbocycles. The Bertz CT molecular complexity index is 593. The van der Waals surface area contributed by atoms with Crippen LogP contribution in [-0.2, 0) is 13.0 Å². The van der Waals surface area contributed by atoms with Crippen LogP contribution in [0.3, 0.4) is 0 Å². The zero-order chi connectivity index (χ0) is 14.7. The molecule has 0 radical (unpaired) electrons. The van der Waals surface area contributed by atoms with E-state index in [1.165, 1.54) is 0 Å². The van der Waals surface area contributed by atoms with E-state index < -0.39 is 0 Å². The van der Waals surface area contributed by atoms with Gasteiger partial charge in [0.15, 0.2) is 6.61 Å². The molecular formula is C16H21N3O2. The summed E-state index contributed by atoms with van der Waals surface area (Å²) in [6.07, 6.45) is 4.07. The van der Waals surface area contributed by atoms with Crippen LogP contribution in [0.25, 0.3) is 0 Å². The summed E-state index contributed by atoms with van der Waals surface area (Å²) >= 11 is 0. The van der Waals surface area contributed by atoms with E-state index in [1.54, 1.807) is 0 Å². The van der Waals surface area contributed by atoms with Gasteiger partial charge in [-0.25, -0.2) is 0 Å². The lowest BCUT2D eigenvalue weighted by Gasteiger charge is -2.13. The number of para-hydroxylation sites is 1. The lowest BCUT2D eigenvalue weighted by atomic mass is 10.0. The number of hydrogen-bond acceptors (Lipinski definition) is 5. The molecule has 5 heteroatoms. The van der Waals surface area contributed by atoms with Gasteiger partial charge in [0.05, 0.1) is 0 Å². The highest BCUT2D eigenvalue weighted by Crippen LogP contribution is 2.38. The molecular weight excluding hydrogens is 266 g/mol. The molecule has 21 heavy (non-hydrogen) atoms. The number of rotatable bonds is 7. The molecule has 1 fully saturated rings. The molecule has 0 aliphatic heterocycles. The predicted octanol–water partition coefficient (Wildman–Crippen LogP) is 2.81. The maximum absolute atomic E-state index is 6.03. The monoisotopic (exact) mass is 287 g/mol. The number of aromatic nitrogens is 2. The first-order valence-corrected chi connectivity index (χ1v) is 7.55. The van der Waals surface area contributed by atoms with Crippen LogP contribution < -0.4 is 10.5 Å². The molecule has 0 amide bonds. The molecule has 1 unspecified atom stereocenters. The minimum atomic E-state index is 0.154. The van der Waals surface area contributed by atoms with Crippen molar-refractivity contribution in [3.63, 3.8) is 0 Å². The minimum Gasteiger partial charge on any atom is -0.485 e. The van der Waals surface area contributed by atoms with E-state index in [1.807, 2.05) is 18.2 Å². The van der Waals surface area contributed by atoms with Gasteiger partial charge in [0.2, 0.25) is 11.7 Å². The fraction of sp³-hybridized carbons (Fsp3) is 0.500. The summed E-state index contributed by atoms with van der Waals surface area (Å²) in [5.74, 6) is 2.67. The molecule has 1 heterocycles. The van der Waals surface area contributed by atoms with Gasteiger partial charge < -0.3 is 15.0 Å². The summed E-state index contributed by atoms with van der Waals surface area (Å²) in [5, 5.41) is 3.96. The van der Waals surface area contributed by atoms with Crippen LogP contribution in [0.15, 0.2) is 28.8 Å². The molecule has 2 aromatic rings.